The van der Waals surface area contributed by atoms with E-state index in [1.807, 2.05) is 24.9 Å². The van der Waals surface area contributed by atoms with Crippen molar-refractivity contribution in [2.75, 3.05) is 25.1 Å². The van der Waals surface area contributed by atoms with Crippen LogP contribution in [0.15, 0.2) is 12.3 Å². The van der Waals surface area contributed by atoms with E-state index in [1.165, 1.54) is 0 Å². The lowest BCUT2D eigenvalue weighted by Crippen LogP contribution is -2.21. The SMILES string of the molecule is Cc1cc(N(C)CCO)cnc1Cl. The molecule has 0 aliphatic carbocycles. The average Bonchev–Trinajstić information content (AvgIpc) is 2.10. The summed E-state index contributed by atoms with van der Waals surface area (Å²) in [5.41, 5.74) is 1.92. The van der Waals surface area contributed by atoms with Crippen LogP contribution in [0.4, 0.5) is 5.69 Å². The highest BCUT2D eigenvalue weighted by molar-refractivity contribution is 6.30. The maximum absolute atomic E-state index is 8.73. The zero-order valence-electron chi connectivity index (χ0n) is 7.79. The highest BCUT2D eigenvalue weighted by Crippen LogP contribution is 2.18. The first-order valence-electron chi connectivity index (χ1n) is 4.09. The van der Waals surface area contributed by atoms with E-state index in [0.717, 1.165) is 11.3 Å². The number of aromatic nitrogens is 1. The van der Waals surface area contributed by atoms with Crippen LogP contribution in [0.5, 0.6) is 0 Å². The largest absolute Gasteiger partial charge is 0.395 e. The van der Waals surface area contributed by atoms with E-state index < -0.39 is 0 Å². The predicted molar refractivity (Wildman–Crippen MR) is 54.3 cm³/mol. The molecule has 0 radical (unpaired) electrons. The smallest absolute Gasteiger partial charge is 0.132 e. The minimum absolute atomic E-state index is 0.137. The lowest BCUT2D eigenvalue weighted by Gasteiger charge is -2.17. The molecule has 0 aromatic carbocycles. The number of aliphatic hydroxyl groups is 1. The van der Waals surface area contributed by atoms with E-state index in [0.29, 0.717) is 11.7 Å². The van der Waals surface area contributed by atoms with Gasteiger partial charge >= 0.3 is 0 Å². The Hall–Kier alpha value is -0.800. The summed E-state index contributed by atoms with van der Waals surface area (Å²) in [6.07, 6.45) is 1.70. The zero-order chi connectivity index (χ0) is 9.84. The molecule has 0 aliphatic heterocycles. The van der Waals surface area contributed by atoms with Crippen LogP contribution >= 0.6 is 11.6 Å². The van der Waals surface area contributed by atoms with Crippen molar-refractivity contribution in [1.82, 2.24) is 4.98 Å². The summed E-state index contributed by atoms with van der Waals surface area (Å²) in [6, 6.07) is 1.95. The quantitative estimate of drug-likeness (QED) is 0.751. The number of halogens is 1. The first-order chi connectivity index (χ1) is 6.15. The third kappa shape index (κ3) is 2.57. The van der Waals surface area contributed by atoms with E-state index >= 15 is 0 Å². The lowest BCUT2D eigenvalue weighted by molar-refractivity contribution is 0.304. The van der Waals surface area contributed by atoms with Crippen LogP contribution < -0.4 is 4.90 Å². The van der Waals surface area contributed by atoms with Crippen LogP contribution in [0.1, 0.15) is 5.56 Å². The van der Waals surface area contributed by atoms with Gasteiger partial charge in [-0.2, -0.15) is 0 Å². The Bertz CT molecular complexity index is 291. The summed E-state index contributed by atoms with van der Waals surface area (Å²) < 4.78 is 0. The highest BCUT2D eigenvalue weighted by Gasteiger charge is 2.02. The molecule has 72 valence electrons. The average molecular weight is 201 g/mol. The molecule has 0 unspecified atom stereocenters. The summed E-state index contributed by atoms with van der Waals surface area (Å²) in [5.74, 6) is 0. The molecule has 1 aromatic heterocycles. The van der Waals surface area contributed by atoms with Crippen molar-refractivity contribution in [1.29, 1.82) is 0 Å². The van der Waals surface area contributed by atoms with Crippen molar-refractivity contribution < 1.29 is 5.11 Å². The lowest BCUT2D eigenvalue weighted by atomic mass is 10.3. The second-order valence-corrected chi connectivity index (χ2v) is 3.30. The van der Waals surface area contributed by atoms with E-state index in [4.69, 9.17) is 16.7 Å². The predicted octanol–water partition coefficient (Wildman–Crippen LogP) is 1.47. The van der Waals surface area contributed by atoms with E-state index in [-0.39, 0.29) is 6.61 Å². The Morgan fingerprint density at radius 2 is 2.31 bits per heavy atom. The molecule has 1 heterocycles. The standard InChI is InChI=1S/C9H13ClN2O/c1-7-5-8(6-11-9(7)10)12(2)3-4-13/h5-6,13H,3-4H2,1-2H3. The van der Waals surface area contributed by atoms with Crippen LogP contribution in [-0.2, 0) is 0 Å². The summed E-state index contributed by atoms with van der Waals surface area (Å²) in [7, 11) is 1.90. The molecule has 1 aromatic rings. The van der Waals surface area contributed by atoms with Crippen LogP contribution in [0.3, 0.4) is 0 Å². The van der Waals surface area contributed by atoms with Crippen molar-refractivity contribution in [3.8, 4) is 0 Å². The van der Waals surface area contributed by atoms with E-state index in [9.17, 15) is 0 Å². The number of pyridine rings is 1. The fraction of sp³-hybridized carbons (Fsp3) is 0.444. The van der Waals surface area contributed by atoms with Gasteiger partial charge in [0, 0.05) is 13.6 Å². The Balaban J connectivity index is 2.84. The van der Waals surface area contributed by atoms with Gasteiger partial charge in [0.2, 0.25) is 0 Å². The van der Waals surface area contributed by atoms with E-state index in [1.54, 1.807) is 6.20 Å². The maximum atomic E-state index is 8.73. The fourth-order valence-electron chi connectivity index (χ4n) is 1.03. The molecule has 3 nitrogen and oxygen atoms in total. The van der Waals surface area contributed by atoms with Crippen molar-refractivity contribution >= 4 is 17.3 Å². The maximum Gasteiger partial charge on any atom is 0.132 e. The van der Waals surface area contributed by atoms with Crippen LogP contribution in [0.2, 0.25) is 5.15 Å². The van der Waals surface area contributed by atoms with Gasteiger partial charge in [0.25, 0.3) is 0 Å². The molecule has 1 N–H and O–H groups in total. The van der Waals surface area contributed by atoms with Gasteiger partial charge in [-0.05, 0) is 18.6 Å². The van der Waals surface area contributed by atoms with Gasteiger partial charge < -0.3 is 10.0 Å². The highest BCUT2D eigenvalue weighted by atomic mass is 35.5. The third-order valence-corrected chi connectivity index (χ3v) is 2.27. The minimum Gasteiger partial charge on any atom is -0.395 e. The molecule has 0 amide bonds. The molecule has 0 bridgehead atoms. The van der Waals surface area contributed by atoms with Gasteiger partial charge in [-0.3, -0.25) is 0 Å². The number of likely N-dealkylation sites (N-methyl/N-ethyl adjacent to an activating group) is 1. The van der Waals surface area contributed by atoms with Gasteiger partial charge in [0.15, 0.2) is 0 Å². The molecule has 13 heavy (non-hydrogen) atoms. The summed E-state index contributed by atoms with van der Waals surface area (Å²) in [6.45, 7) is 2.65. The Morgan fingerprint density at radius 3 is 2.85 bits per heavy atom. The Morgan fingerprint density at radius 1 is 1.62 bits per heavy atom. The molecule has 0 spiro atoms. The van der Waals surface area contributed by atoms with Gasteiger partial charge in [-0.1, -0.05) is 11.6 Å². The Labute approximate surface area is 83.0 Å². The van der Waals surface area contributed by atoms with Gasteiger partial charge in [0.1, 0.15) is 5.15 Å². The first-order valence-corrected chi connectivity index (χ1v) is 4.47. The zero-order valence-corrected chi connectivity index (χ0v) is 8.54. The summed E-state index contributed by atoms with van der Waals surface area (Å²) >= 11 is 5.78. The second kappa shape index (κ2) is 4.44. The molecule has 0 saturated heterocycles. The minimum atomic E-state index is 0.137. The topological polar surface area (TPSA) is 36.4 Å². The van der Waals surface area contributed by atoms with Gasteiger partial charge in [-0.25, -0.2) is 4.98 Å². The molecular weight excluding hydrogens is 188 g/mol. The van der Waals surface area contributed by atoms with Crippen LogP contribution in [-0.4, -0.2) is 30.3 Å². The van der Waals surface area contributed by atoms with Crippen molar-refractivity contribution in [3.63, 3.8) is 0 Å². The summed E-state index contributed by atoms with van der Waals surface area (Å²) in [5, 5.41) is 9.26. The van der Waals surface area contributed by atoms with Crippen molar-refractivity contribution in [2.24, 2.45) is 0 Å². The number of anilines is 1. The van der Waals surface area contributed by atoms with Gasteiger partial charge in [-0.15, -0.1) is 0 Å². The number of aryl methyl sites for hydroxylation is 1. The summed E-state index contributed by atoms with van der Waals surface area (Å²) in [4.78, 5) is 5.95. The van der Waals surface area contributed by atoms with E-state index in [2.05, 4.69) is 4.98 Å². The third-order valence-electron chi connectivity index (χ3n) is 1.88. The number of nitrogens with zero attached hydrogens (tertiary/aromatic N) is 2. The van der Waals surface area contributed by atoms with Crippen molar-refractivity contribution in [2.45, 2.75) is 6.92 Å². The first kappa shape index (κ1) is 10.3. The number of rotatable bonds is 3. The molecule has 0 aliphatic rings. The molecule has 4 heteroatoms. The molecule has 0 fully saturated rings. The number of hydrogen-bond donors (Lipinski definition) is 1. The number of hydrogen-bond acceptors (Lipinski definition) is 3. The van der Waals surface area contributed by atoms with Gasteiger partial charge in [0.05, 0.1) is 18.5 Å². The number of aliphatic hydroxyl groups excluding tert-OH is 1. The van der Waals surface area contributed by atoms with Crippen molar-refractivity contribution in [3.05, 3.63) is 23.0 Å². The monoisotopic (exact) mass is 200 g/mol. The van der Waals surface area contributed by atoms with Crippen LogP contribution in [0.25, 0.3) is 0 Å². The van der Waals surface area contributed by atoms with Crippen LogP contribution in [0, 0.1) is 6.92 Å². The molecule has 1 rings (SSSR count). The Kier molecular flexibility index (Phi) is 3.51. The molecule has 0 saturated carbocycles. The second-order valence-electron chi connectivity index (χ2n) is 2.95. The molecule has 0 atom stereocenters. The normalized spacial score (nSPS) is 10.2. The molecular formula is C9H13ClN2O. The fourth-order valence-corrected chi connectivity index (χ4v) is 1.13.